The topological polar surface area (TPSA) is 89.5 Å². The highest BCUT2D eigenvalue weighted by Gasteiger charge is 2.29. The summed E-state index contributed by atoms with van der Waals surface area (Å²) in [6.07, 6.45) is 0.668. The summed E-state index contributed by atoms with van der Waals surface area (Å²) < 4.78 is 31.4. The fourth-order valence-electron chi connectivity index (χ4n) is 3.34. The SMILES string of the molecule is COCCOCCOC(=O)c1ccc2c(c1C(=O)OCCOCCOC)Sc1ccccc1C2. The van der Waals surface area contributed by atoms with Crippen LogP contribution in [0.3, 0.4) is 0 Å². The Bertz CT molecular complexity index is 962. The molecule has 184 valence electrons. The highest BCUT2D eigenvalue weighted by molar-refractivity contribution is 7.99. The number of esters is 2. The van der Waals surface area contributed by atoms with Crippen molar-refractivity contribution < 1.29 is 38.0 Å². The van der Waals surface area contributed by atoms with Crippen LogP contribution in [0.4, 0.5) is 0 Å². The van der Waals surface area contributed by atoms with Gasteiger partial charge in [-0.3, -0.25) is 0 Å². The Morgan fingerprint density at radius 2 is 1.35 bits per heavy atom. The second kappa shape index (κ2) is 14.1. The summed E-state index contributed by atoms with van der Waals surface area (Å²) in [7, 11) is 3.17. The first-order valence-corrected chi connectivity index (χ1v) is 11.9. The predicted molar refractivity (Wildman–Crippen MR) is 126 cm³/mol. The van der Waals surface area contributed by atoms with Crippen LogP contribution in [-0.2, 0) is 34.8 Å². The fourth-order valence-corrected chi connectivity index (χ4v) is 4.55. The molecule has 0 saturated carbocycles. The Labute approximate surface area is 203 Å². The predicted octanol–water partition coefficient (Wildman–Crippen LogP) is 3.38. The maximum atomic E-state index is 13.1. The maximum Gasteiger partial charge on any atom is 0.340 e. The Morgan fingerprint density at radius 3 is 2.03 bits per heavy atom. The number of hydrogen-bond donors (Lipinski definition) is 0. The Morgan fingerprint density at radius 1 is 0.735 bits per heavy atom. The largest absolute Gasteiger partial charge is 0.460 e. The van der Waals surface area contributed by atoms with Crippen molar-refractivity contribution in [3.63, 3.8) is 0 Å². The molecular weight excluding hydrogens is 460 g/mol. The standard InChI is InChI=1S/C25H30O8S/c1-28-9-11-30-13-15-32-24(26)20-8-7-19-17-18-5-3-4-6-21(18)34-23(19)22(20)25(27)33-16-14-31-12-10-29-2/h3-8H,9-17H2,1-2H3. The zero-order valence-electron chi connectivity index (χ0n) is 19.5. The zero-order valence-corrected chi connectivity index (χ0v) is 20.3. The molecule has 0 spiro atoms. The minimum Gasteiger partial charge on any atom is -0.460 e. The van der Waals surface area contributed by atoms with Gasteiger partial charge in [-0.15, -0.1) is 0 Å². The van der Waals surface area contributed by atoms with Crippen molar-refractivity contribution in [1.29, 1.82) is 0 Å². The second-order valence-corrected chi connectivity index (χ2v) is 8.40. The van der Waals surface area contributed by atoms with Gasteiger partial charge in [0.15, 0.2) is 0 Å². The monoisotopic (exact) mass is 490 g/mol. The van der Waals surface area contributed by atoms with Crippen LogP contribution in [-0.4, -0.2) is 79.0 Å². The number of carbonyl (C=O) groups excluding carboxylic acids is 2. The fraction of sp³-hybridized carbons (Fsp3) is 0.440. The minimum absolute atomic E-state index is 0.0648. The van der Waals surface area contributed by atoms with Crippen LogP contribution >= 0.6 is 11.8 Å². The maximum absolute atomic E-state index is 13.1. The van der Waals surface area contributed by atoms with E-state index in [2.05, 4.69) is 6.07 Å². The first-order chi connectivity index (χ1) is 16.7. The van der Waals surface area contributed by atoms with Crippen molar-refractivity contribution in [2.45, 2.75) is 16.2 Å². The van der Waals surface area contributed by atoms with E-state index >= 15 is 0 Å². The third-order valence-corrected chi connectivity index (χ3v) is 6.30. The molecule has 0 aliphatic carbocycles. The highest BCUT2D eigenvalue weighted by Crippen LogP contribution is 2.42. The summed E-state index contributed by atoms with van der Waals surface area (Å²) in [4.78, 5) is 27.8. The lowest BCUT2D eigenvalue weighted by molar-refractivity contribution is 0.0182. The minimum atomic E-state index is -0.596. The van der Waals surface area contributed by atoms with Crippen molar-refractivity contribution in [2.24, 2.45) is 0 Å². The third-order valence-electron chi connectivity index (χ3n) is 5.01. The van der Waals surface area contributed by atoms with Crippen molar-refractivity contribution in [3.8, 4) is 0 Å². The number of benzene rings is 2. The molecule has 8 nitrogen and oxygen atoms in total. The molecule has 1 aliphatic heterocycles. The molecule has 2 aromatic rings. The van der Waals surface area contributed by atoms with Crippen LogP contribution in [0.15, 0.2) is 46.2 Å². The lowest BCUT2D eigenvalue weighted by atomic mass is 9.98. The number of ether oxygens (including phenoxy) is 6. The molecular formula is C25H30O8S. The molecule has 9 heteroatoms. The number of fused-ring (bicyclic) bond motifs is 2. The molecule has 1 aliphatic rings. The van der Waals surface area contributed by atoms with Crippen molar-refractivity contribution in [1.82, 2.24) is 0 Å². The van der Waals surface area contributed by atoms with E-state index in [-0.39, 0.29) is 37.6 Å². The summed E-state index contributed by atoms with van der Waals surface area (Å²) in [6, 6.07) is 11.5. The van der Waals surface area contributed by atoms with Crippen LogP contribution in [0, 0.1) is 0 Å². The molecule has 2 aromatic carbocycles. The van der Waals surface area contributed by atoms with Crippen LogP contribution in [0.5, 0.6) is 0 Å². The quantitative estimate of drug-likeness (QED) is 0.249. The van der Waals surface area contributed by atoms with Gasteiger partial charge in [0, 0.05) is 24.0 Å². The van der Waals surface area contributed by atoms with E-state index in [1.807, 2.05) is 24.3 Å². The average molecular weight is 491 g/mol. The Hall–Kier alpha value is -2.43. The highest BCUT2D eigenvalue weighted by atomic mass is 32.2. The Balaban J connectivity index is 1.74. The number of carbonyl (C=O) groups is 2. The van der Waals surface area contributed by atoms with E-state index in [1.165, 1.54) is 17.3 Å². The van der Waals surface area contributed by atoms with E-state index in [1.54, 1.807) is 20.3 Å². The summed E-state index contributed by atoms with van der Waals surface area (Å²) in [5, 5.41) is 0. The summed E-state index contributed by atoms with van der Waals surface area (Å²) in [6.45, 7) is 2.34. The van der Waals surface area contributed by atoms with E-state index in [0.717, 1.165) is 15.4 Å². The summed E-state index contributed by atoms with van der Waals surface area (Å²) in [5.74, 6) is -1.18. The van der Waals surface area contributed by atoms with Gasteiger partial charge < -0.3 is 28.4 Å². The molecule has 3 rings (SSSR count). The zero-order chi connectivity index (χ0) is 24.2. The lowest BCUT2D eigenvalue weighted by Gasteiger charge is -2.22. The van der Waals surface area contributed by atoms with E-state index in [9.17, 15) is 9.59 Å². The van der Waals surface area contributed by atoms with Gasteiger partial charge in [-0.2, -0.15) is 0 Å². The first kappa shape index (κ1) is 26.2. The lowest BCUT2D eigenvalue weighted by Crippen LogP contribution is -2.20. The number of hydrogen-bond acceptors (Lipinski definition) is 9. The van der Waals surface area contributed by atoms with Crippen LogP contribution in [0.1, 0.15) is 31.8 Å². The molecule has 34 heavy (non-hydrogen) atoms. The van der Waals surface area contributed by atoms with Gasteiger partial charge in [-0.25, -0.2) is 9.59 Å². The molecule has 0 aromatic heterocycles. The van der Waals surface area contributed by atoms with Crippen molar-refractivity contribution in [3.05, 3.63) is 58.7 Å². The smallest absolute Gasteiger partial charge is 0.340 e. The molecule has 0 amide bonds. The summed E-state index contributed by atoms with van der Waals surface area (Å²) in [5.41, 5.74) is 2.54. The van der Waals surface area contributed by atoms with Crippen molar-refractivity contribution in [2.75, 3.05) is 67.1 Å². The molecule has 0 atom stereocenters. The van der Waals surface area contributed by atoms with E-state index in [0.29, 0.717) is 32.8 Å². The van der Waals surface area contributed by atoms with E-state index < -0.39 is 11.9 Å². The van der Waals surface area contributed by atoms with Gasteiger partial charge in [0.1, 0.15) is 13.2 Å². The van der Waals surface area contributed by atoms with Crippen LogP contribution < -0.4 is 0 Å². The molecule has 0 fully saturated rings. The molecule has 0 radical (unpaired) electrons. The summed E-state index contributed by atoms with van der Waals surface area (Å²) >= 11 is 1.46. The molecule has 0 unspecified atom stereocenters. The molecule has 0 saturated heterocycles. The first-order valence-electron chi connectivity index (χ1n) is 11.0. The number of rotatable bonds is 14. The van der Waals surface area contributed by atoms with E-state index in [4.69, 9.17) is 28.4 Å². The van der Waals surface area contributed by atoms with Gasteiger partial charge in [0.2, 0.25) is 0 Å². The van der Waals surface area contributed by atoms with Gasteiger partial charge >= 0.3 is 11.9 Å². The third kappa shape index (κ3) is 7.28. The van der Waals surface area contributed by atoms with Gasteiger partial charge in [0.05, 0.1) is 50.8 Å². The number of methoxy groups -OCH3 is 2. The average Bonchev–Trinajstić information content (AvgIpc) is 2.86. The molecule has 0 N–H and O–H groups in total. The molecule has 0 bridgehead atoms. The van der Waals surface area contributed by atoms with Gasteiger partial charge in [-0.1, -0.05) is 36.0 Å². The Kier molecular flexibility index (Phi) is 10.8. The van der Waals surface area contributed by atoms with Crippen LogP contribution in [0.25, 0.3) is 0 Å². The van der Waals surface area contributed by atoms with Gasteiger partial charge in [-0.05, 0) is 29.7 Å². The molecule has 1 heterocycles. The second-order valence-electron chi connectivity index (χ2n) is 7.35. The normalized spacial score (nSPS) is 12.1. The van der Waals surface area contributed by atoms with Crippen LogP contribution in [0.2, 0.25) is 0 Å². The van der Waals surface area contributed by atoms with Crippen molar-refractivity contribution >= 4 is 23.7 Å². The van der Waals surface area contributed by atoms with Gasteiger partial charge in [0.25, 0.3) is 0 Å².